The van der Waals surface area contributed by atoms with Crippen LogP contribution in [0.2, 0.25) is 0 Å². The summed E-state index contributed by atoms with van der Waals surface area (Å²) in [5.74, 6) is -0.788. The first-order chi connectivity index (χ1) is 13.0. The molecule has 0 saturated carbocycles. The molecule has 3 aromatic rings. The number of carbonyl (C=O) groups is 2. The molecule has 0 spiro atoms. The average molecular weight is 368 g/mol. The first-order valence-corrected chi connectivity index (χ1v) is 8.43. The van der Waals surface area contributed by atoms with E-state index in [9.17, 15) is 14.4 Å². The van der Waals surface area contributed by atoms with Gasteiger partial charge in [-0.05, 0) is 5.56 Å². The predicted octanol–water partition coefficient (Wildman–Crippen LogP) is 0.0342. The monoisotopic (exact) mass is 368 g/mol. The zero-order valence-corrected chi connectivity index (χ0v) is 14.9. The number of fused-ring (bicyclic) bond motifs is 1. The molecule has 0 saturated heterocycles. The second-order valence-electron chi connectivity index (χ2n) is 6.20. The number of nitrogens with zero attached hydrogens (tertiary/aromatic N) is 5. The smallest absolute Gasteiger partial charge is 0.264 e. The number of rotatable bonds is 7. The molecule has 0 radical (unpaired) electrons. The van der Waals surface area contributed by atoms with E-state index in [4.69, 9.17) is 5.73 Å². The van der Waals surface area contributed by atoms with Gasteiger partial charge in [-0.1, -0.05) is 30.3 Å². The minimum Gasteiger partial charge on any atom is -0.370 e. The molecule has 0 aliphatic carbocycles. The van der Waals surface area contributed by atoms with Crippen LogP contribution in [0.25, 0.3) is 11.0 Å². The van der Waals surface area contributed by atoms with Gasteiger partial charge in [-0.25, -0.2) is 4.98 Å². The third-order valence-corrected chi connectivity index (χ3v) is 4.22. The summed E-state index contributed by atoms with van der Waals surface area (Å²) in [6.07, 6.45) is 2.81. The van der Waals surface area contributed by atoms with E-state index in [0.29, 0.717) is 17.6 Å². The normalized spacial score (nSPS) is 10.9. The Morgan fingerprint density at radius 1 is 1.22 bits per heavy atom. The number of amides is 2. The topological polar surface area (TPSA) is 116 Å². The Bertz CT molecular complexity index is 1020. The van der Waals surface area contributed by atoms with Gasteiger partial charge in [0.05, 0.1) is 6.20 Å². The van der Waals surface area contributed by atoms with E-state index in [-0.39, 0.29) is 31.0 Å². The fraction of sp³-hybridized carbons (Fsp3) is 0.278. The third-order valence-electron chi connectivity index (χ3n) is 4.22. The van der Waals surface area contributed by atoms with Crippen LogP contribution in [0.15, 0.2) is 47.7 Å². The van der Waals surface area contributed by atoms with Crippen molar-refractivity contribution in [2.45, 2.75) is 19.5 Å². The van der Waals surface area contributed by atoms with Crippen LogP contribution in [0, 0.1) is 0 Å². The number of aromatic nitrogens is 4. The fourth-order valence-electron chi connectivity index (χ4n) is 2.77. The van der Waals surface area contributed by atoms with Crippen molar-refractivity contribution in [3.05, 3.63) is 58.8 Å². The van der Waals surface area contributed by atoms with Crippen molar-refractivity contribution in [2.24, 2.45) is 12.8 Å². The first kappa shape index (κ1) is 18.3. The van der Waals surface area contributed by atoms with Crippen LogP contribution in [0.5, 0.6) is 0 Å². The maximum atomic E-state index is 12.8. The number of primary amides is 1. The van der Waals surface area contributed by atoms with Crippen LogP contribution < -0.4 is 11.3 Å². The number of hydrogen-bond donors (Lipinski definition) is 1. The summed E-state index contributed by atoms with van der Waals surface area (Å²) in [6, 6.07) is 9.40. The van der Waals surface area contributed by atoms with E-state index in [0.717, 1.165) is 5.56 Å². The Morgan fingerprint density at radius 3 is 2.67 bits per heavy atom. The van der Waals surface area contributed by atoms with E-state index in [2.05, 4.69) is 10.1 Å². The van der Waals surface area contributed by atoms with Crippen molar-refractivity contribution < 1.29 is 9.59 Å². The van der Waals surface area contributed by atoms with Crippen molar-refractivity contribution in [2.75, 3.05) is 6.54 Å². The predicted molar refractivity (Wildman–Crippen MR) is 98.4 cm³/mol. The summed E-state index contributed by atoms with van der Waals surface area (Å²) in [4.78, 5) is 42.2. The summed E-state index contributed by atoms with van der Waals surface area (Å²) in [5.41, 5.74) is 6.26. The van der Waals surface area contributed by atoms with Crippen LogP contribution >= 0.6 is 0 Å². The van der Waals surface area contributed by atoms with Crippen molar-refractivity contribution in [1.82, 2.24) is 24.2 Å². The van der Waals surface area contributed by atoms with Crippen LogP contribution in [0.4, 0.5) is 0 Å². The number of carbonyl (C=O) groups excluding carboxylic acids is 2. The van der Waals surface area contributed by atoms with Gasteiger partial charge in [-0.2, -0.15) is 5.10 Å². The zero-order chi connectivity index (χ0) is 19.4. The standard InChI is InChI=1S/C18H20N6O3/c1-22-17-14(9-21-22)18(27)24(12-20-17)11-16(26)23(8-7-15(19)25)10-13-5-3-2-4-6-13/h2-6,9,12H,7-8,10-11H2,1H3,(H2,19,25). The zero-order valence-electron chi connectivity index (χ0n) is 14.9. The lowest BCUT2D eigenvalue weighted by atomic mass is 10.2. The summed E-state index contributed by atoms with van der Waals surface area (Å²) >= 11 is 0. The molecule has 0 aliphatic heterocycles. The number of aryl methyl sites for hydroxylation is 1. The third kappa shape index (κ3) is 4.20. The van der Waals surface area contributed by atoms with Gasteiger partial charge in [0.25, 0.3) is 5.56 Å². The maximum absolute atomic E-state index is 12.8. The molecular formula is C18H20N6O3. The van der Waals surface area contributed by atoms with Crippen LogP contribution in [-0.4, -0.2) is 42.6 Å². The molecule has 9 heteroatoms. The number of benzene rings is 1. The highest BCUT2D eigenvalue weighted by Crippen LogP contribution is 2.07. The van der Waals surface area contributed by atoms with Gasteiger partial charge in [0.15, 0.2) is 5.65 Å². The average Bonchev–Trinajstić information content (AvgIpc) is 3.03. The van der Waals surface area contributed by atoms with E-state index in [1.807, 2.05) is 30.3 Å². The van der Waals surface area contributed by atoms with E-state index >= 15 is 0 Å². The Morgan fingerprint density at radius 2 is 1.96 bits per heavy atom. The van der Waals surface area contributed by atoms with E-state index < -0.39 is 5.91 Å². The minimum absolute atomic E-state index is 0.0490. The fourth-order valence-corrected chi connectivity index (χ4v) is 2.77. The maximum Gasteiger partial charge on any atom is 0.264 e. The molecule has 140 valence electrons. The summed E-state index contributed by atoms with van der Waals surface area (Å²) < 4.78 is 2.74. The van der Waals surface area contributed by atoms with Crippen LogP contribution in [0.1, 0.15) is 12.0 Å². The molecule has 27 heavy (non-hydrogen) atoms. The summed E-state index contributed by atoms with van der Waals surface area (Å²) in [6.45, 7) is 0.326. The quantitative estimate of drug-likeness (QED) is 0.632. The van der Waals surface area contributed by atoms with Gasteiger partial charge in [0.2, 0.25) is 11.8 Å². The SMILES string of the molecule is Cn1ncc2c(=O)n(CC(=O)N(CCC(N)=O)Cc3ccccc3)cnc21. The molecule has 0 atom stereocenters. The Kier molecular flexibility index (Phi) is 5.30. The minimum atomic E-state index is -0.489. The van der Waals surface area contributed by atoms with Gasteiger partial charge in [0.1, 0.15) is 18.3 Å². The molecular weight excluding hydrogens is 348 g/mol. The van der Waals surface area contributed by atoms with Crippen molar-refractivity contribution >= 4 is 22.8 Å². The second kappa shape index (κ2) is 7.81. The molecule has 0 unspecified atom stereocenters. The van der Waals surface area contributed by atoms with Crippen LogP contribution in [-0.2, 0) is 29.7 Å². The van der Waals surface area contributed by atoms with Crippen molar-refractivity contribution in [1.29, 1.82) is 0 Å². The molecule has 2 amide bonds. The lowest BCUT2D eigenvalue weighted by molar-refractivity contribution is -0.133. The van der Waals surface area contributed by atoms with Gasteiger partial charge >= 0.3 is 0 Å². The lowest BCUT2D eigenvalue weighted by Crippen LogP contribution is -2.38. The second-order valence-corrected chi connectivity index (χ2v) is 6.20. The highest BCUT2D eigenvalue weighted by atomic mass is 16.2. The summed E-state index contributed by atoms with van der Waals surface area (Å²) in [5, 5.41) is 4.36. The Balaban J connectivity index is 1.82. The molecule has 2 heterocycles. The van der Waals surface area contributed by atoms with E-state index in [1.54, 1.807) is 7.05 Å². The summed E-state index contributed by atoms with van der Waals surface area (Å²) in [7, 11) is 1.69. The molecule has 0 aliphatic rings. The van der Waals surface area contributed by atoms with E-state index in [1.165, 1.54) is 26.7 Å². The largest absolute Gasteiger partial charge is 0.370 e. The lowest BCUT2D eigenvalue weighted by Gasteiger charge is -2.22. The Labute approximate surface area is 155 Å². The first-order valence-electron chi connectivity index (χ1n) is 8.43. The Hall–Kier alpha value is -3.49. The molecule has 1 aromatic carbocycles. The molecule has 2 N–H and O–H groups in total. The molecule has 9 nitrogen and oxygen atoms in total. The number of nitrogens with two attached hydrogens (primary N) is 1. The van der Waals surface area contributed by atoms with Gasteiger partial charge in [-0.3, -0.25) is 23.6 Å². The number of hydrogen-bond acceptors (Lipinski definition) is 5. The molecule has 2 aromatic heterocycles. The molecule has 0 bridgehead atoms. The van der Waals surface area contributed by atoms with Gasteiger partial charge in [0, 0.05) is 26.6 Å². The van der Waals surface area contributed by atoms with Gasteiger partial charge in [-0.15, -0.1) is 0 Å². The van der Waals surface area contributed by atoms with Crippen molar-refractivity contribution in [3.63, 3.8) is 0 Å². The van der Waals surface area contributed by atoms with Crippen molar-refractivity contribution in [3.8, 4) is 0 Å². The van der Waals surface area contributed by atoms with Crippen LogP contribution in [0.3, 0.4) is 0 Å². The highest BCUT2D eigenvalue weighted by molar-refractivity contribution is 5.79. The molecule has 0 fully saturated rings. The van der Waals surface area contributed by atoms with Gasteiger partial charge < -0.3 is 10.6 Å². The molecule has 3 rings (SSSR count). The highest BCUT2D eigenvalue weighted by Gasteiger charge is 2.17.